The molecule has 4 N–H and O–H groups in total. The van der Waals surface area contributed by atoms with Crippen molar-refractivity contribution in [1.82, 2.24) is 10.2 Å². The fourth-order valence-corrected chi connectivity index (χ4v) is 3.77. The third-order valence-electron chi connectivity index (χ3n) is 6.34. The molecule has 38 heavy (non-hydrogen) atoms. The van der Waals surface area contributed by atoms with Gasteiger partial charge in [-0.05, 0) is 35.4 Å². The van der Waals surface area contributed by atoms with Crippen LogP contribution in [-0.4, -0.2) is 46.1 Å². The summed E-state index contributed by atoms with van der Waals surface area (Å²) in [5.74, 6) is -2.87. The third-order valence-corrected chi connectivity index (χ3v) is 6.34. The molecule has 0 aromatic heterocycles. The van der Waals surface area contributed by atoms with E-state index in [-0.39, 0.29) is 23.8 Å². The number of alkyl halides is 3. The molecule has 0 radical (unpaired) electrons. The highest BCUT2D eigenvalue weighted by molar-refractivity contribution is 5.88. The molecule has 0 saturated heterocycles. The van der Waals surface area contributed by atoms with Gasteiger partial charge in [0.05, 0.1) is 6.04 Å². The number of carboxylic acids is 1. The van der Waals surface area contributed by atoms with Gasteiger partial charge in [0.15, 0.2) is 0 Å². The Hall–Kier alpha value is -3.66. The van der Waals surface area contributed by atoms with Crippen molar-refractivity contribution < 1.29 is 32.7 Å². The number of rotatable bonds is 9. The van der Waals surface area contributed by atoms with Gasteiger partial charge in [-0.3, -0.25) is 9.59 Å². The summed E-state index contributed by atoms with van der Waals surface area (Å²) in [5.41, 5.74) is 9.70. The molecule has 0 aliphatic carbocycles. The number of nitrogens with one attached hydrogen (secondary N) is 1. The van der Waals surface area contributed by atoms with Crippen LogP contribution in [0.3, 0.4) is 0 Å². The smallest absolute Gasteiger partial charge is 0.475 e. The van der Waals surface area contributed by atoms with Gasteiger partial charge in [-0.15, -0.1) is 0 Å². The fraction of sp³-hybridized carbons (Fsp3) is 0.393. The number of benzene rings is 2. The standard InChI is InChI=1S/C26H33N3O2.C2HF3O2/c1-3-19(2)25(27)26(31)28-23(14-13-20-9-5-4-6-10-20)15-16-24(30)29-17-21-11-7-8-12-22(21)18-29;3-2(4,5)1(6)7/h4-12,15-16,19,23,25H,3,13-14,17-18,27H2,1-2H3,(H,28,31);(H,6,7)/b16-15+;/t19?,23-,25-;/m0./s1. The highest BCUT2D eigenvalue weighted by Crippen LogP contribution is 2.22. The van der Waals surface area contributed by atoms with E-state index in [1.54, 1.807) is 6.08 Å². The average molecular weight is 534 g/mol. The number of aryl methyl sites for hydroxylation is 1. The quantitative estimate of drug-likeness (QED) is 0.418. The summed E-state index contributed by atoms with van der Waals surface area (Å²) in [6, 6.07) is 17.4. The molecule has 2 amide bonds. The zero-order valence-electron chi connectivity index (χ0n) is 21.4. The number of fused-ring (bicyclic) bond motifs is 1. The largest absolute Gasteiger partial charge is 0.490 e. The normalized spacial score (nSPS) is 15.2. The van der Waals surface area contributed by atoms with Gasteiger partial charge in [0.2, 0.25) is 11.8 Å². The van der Waals surface area contributed by atoms with Crippen molar-refractivity contribution in [1.29, 1.82) is 0 Å². The van der Waals surface area contributed by atoms with Crippen molar-refractivity contribution >= 4 is 17.8 Å². The van der Waals surface area contributed by atoms with Crippen LogP contribution in [0.1, 0.15) is 43.4 Å². The van der Waals surface area contributed by atoms with Crippen LogP contribution in [-0.2, 0) is 33.9 Å². The van der Waals surface area contributed by atoms with Gasteiger partial charge in [0, 0.05) is 25.2 Å². The molecule has 3 rings (SSSR count). The first kappa shape index (κ1) is 30.6. The number of carbonyl (C=O) groups is 3. The molecule has 1 aliphatic heterocycles. The molecule has 0 bridgehead atoms. The topological polar surface area (TPSA) is 113 Å². The molecule has 0 saturated carbocycles. The van der Waals surface area contributed by atoms with E-state index in [0.29, 0.717) is 19.5 Å². The summed E-state index contributed by atoms with van der Waals surface area (Å²) in [5, 5.41) is 10.2. The summed E-state index contributed by atoms with van der Waals surface area (Å²) in [7, 11) is 0. The van der Waals surface area contributed by atoms with E-state index in [2.05, 4.69) is 29.6 Å². The fourth-order valence-electron chi connectivity index (χ4n) is 3.77. The lowest BCUT2D eigenvalue weighted by molar-refractivity contribution is -0.192. The van der Waals surface area contributed by atoms with Crippen molar-refractivity contribution in [2.45, 2.75) is 64.5 Å². The Bertz CT molecular complexity index is 1080. The summed E-state index contributed by atoms with van der Waals surface area (Å²) >= 11 is 0. The molecule has 3 atom stereocenters. The van der Waals surface area contributed by atoms with Crippen molar-refractivity contribution in [3.63, 3.8) is 0 Å². The van der Waals surface area contributed by atoms with Crippen molar-refractivity contribution in [3.05, 3.63) is 83.4 Å². The predicted molar refractivity (Wildman–Crippen MR) is 138 cm³/mol. The van der Waals surface area contributed by atoms with Crippen LogP contribution < -0.4 is 11.1 Å². The Labute approximate surface area is 220 Å². The number of nitrogens with zero attached hydrogens (tertiary/aromatic N) is 1. The average Bonchev–Trinajstić information content (AvgIpc) is 3.34. The number of halogens is 3. The number of hydrogen-bond acceptors (Lipinski definition) is 4. The van der Waals surface area contributed by atoms with E-state index in [1.165, 1.54) is 16.7 Å². The molecule has 7 nitrogen and oxygen atoms in total. The summed E-state index contributed by atoms with van der Waals surface area (Å²) < 4.78 is 31.7. The molecule has 1 unspecified atom stereocenters. The van der Waals surface area contributed by atoms with Crippen LogP contribution in [0.4, 0.5) is 13.2 Å². The van der Waals surface area contributed by atoms with Crippen LogP contribution in [0.25, 0.3) is 0 Å². The van der Waals surface area contributed by atoms with E-state index in [4.69, 9.17) is 15.6 Å². The van der Waals surface area contributed by atoms with Gasteiger partial charge in [0.25, 0.3) is 0 Å². The second-order valence-electron chi connectivity index (χ2n) is 9.18. The highest BCUT2D eigenvalue weighted by atomic mass is 19.4. The second-order valence-corrected chi connectivity index (χ2v) is 9.18. The monoisotopic (exact) mass is 533 g/mol. The van der Waals surface area contributed by atoms with Crippen LogP contribution in [0.5, 0.6) is 0 Å². The number of amides is 2. The van der Waals surface area contributed by atoms with Gasteiger partial charge in [0.1, 0.15) is 0 Å². The molecule has 2 aromatic carbocycles. The molecule has 2 aromatic rings. The predicted octanol–water partition coefficient (Wildman–Crippen LogP) is 4.21. The SMILES string of the molecule is CCC(C)[C@H](N)C(=O)N[C@H](/C=C/C(=O)N1Cc2ccccc2C1)CCc1ccccc1.O=C(O)C(F)(F)F. The van der Waals surface area contributed by atoms with Gasteiger partial charge >= 0.3 is 12.1 Å². The summed E-state index contributed by atoms with van der Waals surface area (Å²) in [6.07, 6.45) is 0.671. The Morgan fingerprint density at radius 1 is 1.05 bits per heavy atom. The van der Waals surface area contributed by atoms with Crippen LogP contribution >= 0.6 is 0 Å². The summed E-state index contributed by atoms with van der Waals surface area (Å²) in [6.45, 7) is 5.25. The maximum Gasteiger partial charge on any atom is 0.490 e. The van der Waals surface area contributed by atoms with Crippen molar-refractivity contribution in [3.8, 4) is 0 Å². The minimum absolute atomic E-state index is 0.0404. The van der Waals surface area contributed by atoms with Gasteiger partial charge in [-0.25, -0.2) is 4.79 Å². The highest BCUT2D eigenvalue weighted by Gasteiger charge is 2.38. The number of carboxylic acid groups (broad SMARTS) is 1. The Kier molecular flexibility index (Phi) is 11.5. The van der Waals surface area contributed by atoms with Crippen LogP contribution in [0.15, 0.2) is 66.7 Å². The van der Waals surface area contributed by atoms with E-state index < -0.39 is 18.2 Å². The lowest BCUT2D eigenvalue weighted by Gasteiger charge is -2.22. The molecular weight excluding hydrogens is 499 g/mol. The van der Waals surface area contributed by atoms with E-state index in [0.717, 1.165) is 12.8 Å². The molecular formula is C28H34F3N3O4. The van der Waals surface area contributed by atoms with E-state index in [9.17, 15) is 22.8 Å². The molecule has 0 spiro atoms. The van der Waals surface area contributed by atoms with Crippen LogP contribution in [0.2, 0.25) is 0 Å². The van der Waals surface area contributed by atoms with Crippen molar-refractivity contribution in [2.75, 3.05) is 0 Å². The number of carbonyl (C=O) groups excluding carboxylic acids is 2. The van der Waals surface area contributed by atoms with Crippen LogP contribution in [0, 0.1) is 5.92 Å². The zero-order valence-corrected chi connectivity index (χ0v) is 21.4. The maximum absolute atomic E-state index is 12.8. The molecule has 206 valence electrons. The number of aliphatic carboxylic acids is 1. The van der Waals surface area contributed by atoms with Crippen molar-refractivity contribution in [2.24, 2.45) is 11.7 Å². The summed E-state index contributed by atoms with van der Waals surface area (Å²) in [4.78, 5) is 36.1. The molecule has 10 heteroatoms. The van der Waals surface area contributed by atoms with Gasteiger partial charge < -0.3 is 21.1 Å². The Balaban J connectivity index is 0.000000638. The minimum Gasteiger partial charge on any atom is -0.475 e. The third kappa shape index (κ3) is 9.66. The van der Waals surface area contributed by atoms with E-state index >= 15 is 0 Å². The first-order valence-electron chi connectivity index (χ1n) is 12.4. The first-order chi connectivity index (χ1) is 17.9. The maximum atomic E-state index is 12.8. The van der Waals surface area contributed by atoms with Gasteiger partial charge in [-0.2, -0.15) is 13.2 Å². The van der Waals surface area contributed by atoms with E-state index in [1.807, 2.05) is 55.2 Å². The lowest BCUT2D eigenvalue weighted by Crippen LogP contribution is -2.48. The molecule has 0 fully saturated rings. The van der Waals surface area contributed by atoms with Gasteiger partial charge in [-0.1, -0.05) is 80.9 Å². The molecule has 1 aliphatic rings. The second kappa shape index (κ2) is 14.3. The number of nitrogens with two attached hydrogens (primary N) is 1. The lowest BCUT2D eigenvalue weighted by atomic mass is 9.98. The Morgan fingerprint density at radius 3 is 2.08 bits per heavy atom. The first-order valence-corrected chi connectivity index (χ1v) is 12.4. The minimum atomic E-state index is -5.08. The zero-order chi connectivity index (χ0) is 28.3. The molecule has 1 heterocycles. The number of hydrogen-bond donors (Lipinski definition) is 3. The Morgan fingerprint density at radius 2 is 1.58 bits per heavy atom.